The maximum atomic E-state index is 13.2. The molecular formula is C25H37N5O4. The Bertz CT molecular complexity index is 1040. The van der Waals surface area contributed by atoms with Crippen molar-refractivity contribution in [3.8, 4) is 5.88 Å². The Kier molecular flexibility index (Phi) is 6.48. The van der Waals surface area contributed by atoms with Crippen molar-refractivity contribution in [1.29, 1.82) is 0 Å². The van der Waals surface area contributed by atoms with E-state index in [-0.39, 0.29) is 24.1 Å². The van der Waals surface area contributed by atoms with Gasteiger partial charge in [0.1, 0.15) is 6.54 Å². The summed E-state index contributed by atoms with van der Waals surface area (Å²) < 4.78 is 7.27. The van der Waals surface area contributed by atoms with Crippen molar-refractivity contribution in [2.45, 2.75) is 90.2 Å². The summed E-state index contributed by atoms with van der Waals surface area (Å²) in [6.45, 7) is 4.32. The van der Waals surface area contributed by atoms with Gasteiger partial charge in [-0.05, 0) is 105 Å². The lowest BCUT2D eigenvalue weighted by Crippen LogP contribution is -2.45. The molecule has 3 aliphatic rings. The van der Waals surface area contributed by atoms with Gasteiger partial charge in [-0.1, -0.05) is 13.3 Å². The summed E-state index contributed by atoms with van der Waals surface area (Å²) in [4.78, 5) is 29.6. The van der Waals surface area contributed by atoms with Gasteiger partial charge in [0.2, 0.25) is 5.88 Å². The zero-order chi connectivity index (χ0) is 23.9. The number of carbonyl (C=O) groups excluding carboxylic acids is 1. The van der Waals surface area contributed by atoms with E-state index in [4.69, 9.17) is 4.42 Å². The summed E-state index contributed by atoms with van der Waals surface area (Å²) in [7, 11) is 0. The minimum atomic E-state index is -0.497. The third-order valence-electron chi connectivity index (χ3n) is 9.11. The predicted molar refractivity (Wildman–Crippen MR) is 124 cm³/mol. The third kappa shape index (κ3) is 4.63. The van der Waals surface area contributed by atoms with Crippen LogP contribution in [0.25, 0.3) is 5.88 Å². The van der Waals surface area contributed by atoms with Crippen LogP contribution in [-0.4, -0.2) is 41.3 Å². The number of aliphatic hydroxyl groups is 1. The molecule has 7 atom stereocenters. The molecule has 0 radical (unpaired) electrons. The Balaban J connectivity index is 1.25. The molecule has 0 aromatic carbocycles. The van der Waals surface area contributed by atoms with Crippen LogP contribution in [0.4, 0.5) is 0 Å². The molecule has 2 unspecified atom stereocenters. The highest BCUT2D eigenvalue weighted by Gasteiger charge is 2.46. The van der Waals surface area contributed by atoms with Crippen molar-refractivity contribution >= 4 is 5.78 Å². The van der Waals surface area contributed by atoms with Gasteiger partial charge < -0.3 is 9.52 Å². The molecule has 2 aromatic rings. The fraction of sp³-hybridized carbons (Fsp3) is 0.800. The van der Waals surface area contributed by atoms with Crippen molar-refractivity contribution < 1.29 is 14.3 Å². The van der Waals surface area contributed by atoms with Gasteiger partial charge in [-0.2, -0.15) is 4.68 Å². The van der Waals surface area contributed by atoms with Gasteiger partial charge in [0.15, 0.2) is 12.2 Å². The Morgan fingerprint density at radius 2 is 1.97 bits per heavy atom. The maximum absolute atomic E-state index is 13.2. The highest BCUT2D eigenvalue weighted by Crippen LogP contribution is 2.53. The van der Waals surface area contributed by atoms with Gasteiger partial charge in [0, 0.05) is 5.92 Å². The molecule has 34 heavy (non-hydrogen) atoms. The standard InChI is InChI=1S/C25H37N5O4/c1-16-6-7-17(22(31)14-29-24(32)30(28-27-29)23-13-26-15-34-23)4-3-5-21-19(16)9-8-18-12-25(2,33)11-10-20(18)21/h13,15-21,33H,3-12,14H2,1-2H3/t16?,17-,18-,19+,20+,21?,25-/m1/s1. The minimum Gasteiger partial charge on any atom is -0.425 e. The molecule has 1 N–H and O–H groups in total. The molecule has 9 nitrogen and oxygen atoms in total. The average molecular weight is 472 g/mol. The van der Waals surface area contributed by atoms with Crippen molar-refractivity contribution in [2.24, 2.45) is 35.5 Å². The van der Waals surface area contributed by atoms with Crippen molar-refractivity contribution in [1.82, 2.24) is 24.8 Å². The smallest absolute Gasteiger partial charge is 0.371 e. The molecule has 3 fully saturated rings. The van der Waals surface area contributed by atoms with E-state index in [9.17, 15) is 14.7 Å². The van der Waals surface area contributed by atoms with E-state index in [0.717, 1.165) is 66.1 Å². The SMILES string of the molecule is CC1CC[C@H](C(=O)Cn2nnn(-c3cnco3)c2=O)CCCC2[C@H]1CC[C@@H]1C[C@](C)(O)CC[C@H]21. The molecule has 5 rings (SSSR count). The monoisotopic (exact) mass is 471 g/mol. The van der Waals surface area contributed by atoms with Crippen LogP contribution in [0.15, 0.2) is 21.8 Å². The quantitative estimate of drug-likeness (QED) is 0.726. The van der Waals surface area contributed by atoms with Gasteiger partial charge in [0.25, 0.3) is 0 Å². The molecule has 0 amide bonds. The fourth-order valence-electron chi connectivity index (χ4n) is 7.33. The first-order valence-corrected chi connectivity index (χ1v) is 13.0. The molecule has 3 aliphatic carbocycles. The number of oxazole rings is 1. The number of rotatable bonds is 4. The van der Waals surface area contributed by atoms with E-state index in [2.05, 4.69) is 22.3 Å². The Morgan fingerprint density at radius 3 is 2.76 bits per heavy atom. The second kappa shape index (κ2) is 9.40. The number of tetrazole rings is 1. The summed E-state index contributed by atoms with van der Waals surface area (Å²) in [5.41, 5.74) is -0.991. The lowest BCUT2D eigenvalue weighted by Gasteiger charge is -2.50. The topological polar surface area (TPSA) is 116 Å². The lowest BCUT2D eigenvalue weighted by molar-refractivity contribution is -0.124. The first-order chi connectivity index (χ1) is 16.3. The van der Waals surface area contributed by atoms with E-state index in [0.29, 0.717) is 17.8 Å². The molecule has 2 aromatic heterocycles. The Morgan fingerprint density at radius 1 is 1.12 bits per heavy atom. The molecule has 9 heteroatoms. The molecule has 0 spiro atoms. The maximum Gasteiger partial charge on any atom is 0.371 e. The van der Waals surface area contributed by atoms with Crippen LogP contribution in [0, 0.1) is 35.5 Å². The summed E-state index contributed by atoms with van der Waals surface area (Å²) in [6, 6.07) is 0. The molecule has 186 valence electrons. The molecule has 2 heterocycles. The van der Waals surface area contributed by atoms with E-state index < -0.39 is 11.3 Å². The van der Waals surface area contributed by atoms with Gasteiger partial charge in [-0.3, -0.25) is 4.79 Å². The number of Topliss-reactive ketones (excluding diaryl/α,β-unsaturated/α-hetero) is 1. The van der Waals surface area contributed by atoms with Crippen molar-refractivity contribution in [3.05, 3.63) is 23.1 Å². The zero-order valence-corrected chi connectivity index (χ0v) is 20.3. The third-order valence-corrected chi connectivity index (χ3v) is 9.11. The van der Waals surface area contributed by atoms with Crippen molar-refractivity contribution in [2.75, 3.05) is 0 Å². The number of fused-ring (bicyclic) bond motifs is 3. The highest BCUT2D eigenvalue weighted by atomic mass is 16.4. The molecule has 0 bridgehead atoms. The average Bonchev–Trinajstić information content (AvgIpc) is 3.45. The fourth-order valence-corrected chi connectivity index (χ4v) is 7.33. The Labute approximate surface area is 199 Å². The van der Waals surface area contributed by atoms with E-state index in [1.165, 1.54) is 31.9 Å². The number of hydrogen-bond donors (Lipinski definition) is 1. The second-order valence-corrected chi connectivity index (χ2v) is 11.4. The second-order valence-electron chi connectivity index (χ2n) is 11.4. The van der Waals surface area contributed by atoms with E-state index in [1.807, 2.05) is 6.92 Å². The first-order valence-electron chi connectivity index (χ1n) is 13.0. The summed E-state index contributed by atoms with van der Waals surface area (Å²) in [5.74, 6) is 3.60. The summed E-state index contributed by atoms with van der Waals surface area (Å²) in [6.07, 6.45) is 13.1. The van der Waals surface area contributed by atoms with Gasteiger partial charge in [-0.15, -0.1) is 4.68 Å². The van der Waals surface area contributed by atoms with E-state index >= 15 is 0 Å². The van der Waals surface area contributed by atoms with Crippen LogP contribution in [0.1, 0.15) is 78.1 Å². The molecule has 0 aliphatic heterocycles. The zero-order valence-electron chi connectivity index (χ0n) is 20.3. The van der Waals surface area contributed by atoms with Crippen LogP contribution >= 0.6 is 0 Å². The molecule has 0 saturated heterocycles. The minimum absolute atomic E-state index is 0.0483. The van der Waals surface area contributed by atoms with Crippen LogP contribution < -0.4 is 5.69 Å². The number of aromatic nitrogens is 5. The number of carbonyl (C=O) groups is 1. The van der Waals surface area contributed by atoms with Crippen LogP contribution in [0.3, 0.4) is 0 Å². The van der Waals surface area contributed by atoms with Gasteiger partial charge >= 0.3 is 5.69 Å². The van der Waals surface area contributed by atoms with Gasteiger partial charge in [-0.25, -0.2) is 9.78 Å². The van der Waals surface area contributed by atoms with Gasteiger partial charge in [0.05, 0.1) is 11.8 Å². The first kappa shape index (κ1) is 23.5. The highest BCUT2D eigenvalue weighted by molar-refractivity contribution is 5.80. The van der Waals surface area contributed by atoms with Crippen LogP contribution in [0.2, 0.25) is 0 Å². The number of nitrogens with zero attached hydrogens (tertiary/aromatic N) is 5. The van der Waals surface area contributed by atoms with Crippen LogP contribution in [-0.2, 0) is 11.3 Å². The summed E-state index contributed by atoms with van der Waals surface area (Å²) >= 11 is 0. The number of hydrogen-bond acceptors (Lipinski definition) is 7. The van der Waals surface area contributed by atoms with Crippen LogP contribution in [0.5, 0.6) is 0 Å². The summed E-state index contributed by atoms with van der Waals surface area (Å²) in [5, 5.41) is 18.3. The Hall–Kier alpha value is -2.29. The predicted octanol–water partition coefficient (Wildman–Crippen LogP) is 3.40. The van der Waals surface area contributed by atoms with E-state index in [1.54, 1.807) is 0 Å². The normalized spacial score (nSPS) is 36.6. The number of ketones is 1. The molecule has 3 saturated carbocycles. The largest absolute Gasteiger partial charge is 0.425 e. The lowest BCUT2D eigenvalue weighted by atomic mass is 9.56. The van der Waals surface area contributed by atoms with Crippen molar-refractivity contribution in [3.63, 3.8) is 0 Å². The molecular weight excluding hydrogens is 434 g/mol.